The molecule has 1 fully saturated rings. The second-order valence-electron chi connectivity index (χ2n) is 5.36. The summed E-state index contributed by atoms with van der Waals surface area (Å²) in [4.78, 5) is 3.86. The second kappa shape index (κ2) is 5.70. The molecule has 1 aromatic heterocycles. The molecule has 1 aliphatic carbocycles. The molecule has 2 rings (SSSR count). The first kappa shape index (κ1) is 14.0. The van der Waals surface area contributed by atoms with Crippen molar-refractivity contribution in [1.82, 2.24) is 4.98 Å². The summed E-state index contributed by atoms with van der Waals surface area (Å²) < 4.78 is 24.8. The molecule has 1 saturated carbocycles. The first-order valence-electron chi connectivity index (χ1n) is 6.58. The van der Waals surface area contributed by atoms with E-state index in [1.807, 2.05) is 6.07 Å². The Morgan fingerprint density at radius 2 is 2.26 bits per heavy atom. The van der Waals surface area contributed by atoms with Gasteiger partial charge in [-0.15, -0.1) is 0 Å². The maximum atomic E-state index is 12.4. The lowest BCUT2D eigenvalue weighted by molar-refractivity contribution is 0.382. The lowest BCUT2D eigenvalue weighted by atomic mass is 9.91. The quantitative estimate of drug-likeness (QED) is 0.851. The van der Waals surface area contributed by atoms with Crippen LogP contribution >= 0.6 is 0 Å². The summed E-state index contributed by atoms with van der Waals surface area (Å²) in [6.07, 6.45) is 5.14. The van der Waals surface area contributed by atoms with Gasteiger partial charge in [0.15, 0.2) is 9.84 Å². The summed E-state index contributed by atoms with van der Waals surface area (Å²) in [5.41, 5.74) is 0.925. The molecule has 1 heterocycles. The molecule has 0 spiro atoms. The van der Waals surface area contributed by atoms with Gasteiger partial charge in [-0.25, -0.2) is 13.4 Å². The molecule has 0 bridgehead atoms. The zero-order valence-electron chi connectivity index (χ0n) is 11.0. The molecule has 5 heteroatoms. The highest BCUT2D eigenvalue weighted by atomic mass is 32.2. The summed E-state index contributed by atoms with van der Waals surface area (Å²) in [5.74, 6) is 0.502. The van der Waals surface area contributed by atoms with E-state index in [9.17, 15) is 8.42 Å². The molecule has 2 atom stereocenters. The fourth-order valence-electron chi connectivity index (χ4n) is 2.68. The highest BCUT2D eigenvalue weighted by molar-refractivity contribution is 7.91. The molecular weight excluding hydrogens is 260 g/mol. The Labute approximate surface area is 114 Å². The maximum Gasteiger partial charge on any atom is 0.157 e. The topological polar surface area (TPSA) is 70.8 Å². The van der Waals surface area contributed by atoms with Crippen LogP contribution in [0, 0.1) is 17.2 Å². The summed E-state index contributed by atoms with van der Waals surface area (Å²) in [6.45, 7) is 2.11. The monoisotopic (exact) mass is 278 g/mol. The van der Waals surface area contributed by atoms with Crippen molar-refractivity contribution >= 4 is 9.84 Å². The van der Waals surface area contributed by atoms with Gasteiger partial charge in [0.1, 0.15) is 11.8 Å². The molecule has 0 N–H and O–H groups in total. The van der Waals surface area contributed by atoms with Crippen LogP contribution in [0.3, 0.4) is 0 Å². The Bertz CT molecular complexity index is 590. The molecule has 0 aromatic carbocycles. The number of sulfone groups is 1. The molecule has 19 heavy (non-hydrogen) atoms. The highest BCUT2D eigenvalue weighted by Gasteiger charge is 2.30. The molecule has 0 saturated heterocycles. The van der Waals surface area contributed by atoms with Gasteiger partial charge in [0.05, 0.1) is 11.0 Å². The predicted molar refractivity (Wildman–Crippen MR) is 73.0 cm³/mol. The zero-order valence-corrected chi connectivity index (χ0v) is 11.9. The van der Waals surface area contributed by atoms with Crippen molar-refractivity contribution in [3.63, 3.8) is 0 Å². The van der Waals surface area contributed by atoms with Crippen LogP contribution in [0.25, 0.3) is 0 Å². The van der Waals surface area contributed by atoms with Gasteiger partial charge < -0.3 is 0 Å². The van der Waals surface area contributed by atoms with Crippen LogP contribution in [0.4, 0.5) is 0 Å². The van der Waals surface area contributed by atoms with Gasteiger partial charge in [-0.3, -0.25) is 0 Å². The van der Waals surface area contributed by atoms with Crippen LogP contribution < -0.4 is 0 Å². The third-order valence-corrected chi connectivity index (χ3v) is 5.88. The molecule has 0 aliphatic heterocycles. The van der Waals surface area contributed by atoms with Crippen molar-refractivity contribution in [1.29, 1.82) is 5.26 Å². The minimum atomic E-state index is -3.13. The van der Waals surface area contributed by atoms with E-state index in [0.29, 0.717) is 11.5 Å². The van der Waals surface area contributed by atoms with E-state index >= 15 is 0 Å². The Morgan fingerprint density at radius 1 is 1.47 bits per heavy atom. The van der Waals surface area contributed by atoms with Gasteiger partial charge in [0, 0.05) is 6.20 Å². The maximum absolute atomic E-state index is 12.4. The smallest absolute Gasteiger partial charge is 0.157 e. The summed E-state index contributed by atoms with van der Waals surface area (Å²) in [5, 5.41) is 8.55. The average Bonchev–Trinajstić information content (AvgIpc) is 2.38. The average molecular weight is 278 g/mol. The lowest BCUT2D eigenvalue weighted by Gasteiger charge is -2.26. The number of aromatic nitrogens is 1. The fraction of sp³-hybridized carbons (Fsp3) is 0.571. The second-order valence-corrected chi connectivity index (χ2v) is 7.64. The molecule has 0 amide bonds. The van der Waals surface area contributed by atoms with Gasteiger partial charge in [-0.1, -0.05) is 19.8 Å². The van der Waals surface area contributed by atoms with Crippen molar-refractivity contribution in [2.24, 2.45) is 5.92 Å². The largest absolute Gasteiger partial charge is 0.246 e. The van der Waals surface area contributed by atoms with Gasteiger partial charge in [0.25, 0.3) is 0 Å². The van der Waals surface area contributed by atoms with Gasteiger partial charge in [-0.2, -0.15) is 5.26 Å². The van der Waals surface area contributed by atoms with Crippen LogP contribution in [0.2, 0.25) is 0 Å². The molecule has 1 aromatic rings. The van der Waals surface area contributed by atoms with Crippen LogP contribution in [-0.2, 0) is 15.6 Å². The number of nitriles is 1. The number of rotatable bonds is 3. The van der Waals surface area contributed by atoms with Gasteiger partial charge in [-0.05, 0) is 36.5 Å². The minimum Gasteiger partial charge on any atom is -0.246 e. The molecule has 0 radical (unpaired) electrons. The third-order valence-electron chi connectivity index (χ3n) is 3.70. The molecule has 2 unspecified atom stereocenters. The van der Waals surface area contributed by atoms with E-state index in [2.05, 4.69) is 11.9 Å². The van der Waals surface area contributed by atoms with E-state index in [1.165, 1.54) is 6.20 Å². The summed E-state index contributed by atoms with van der Waals surface area (Å²) >= 11 is 0. The third kappa shape index (κ3) is 3.54. The Morgan fingerprint density at radius 3 is 2.95 bits per heavy atom. The number of hydrogen-bond acceptors (Lipinski definition) is 4. The van der Waals surface area contributed by atoms with Crippen molar-refractivity contribution in [2.45, 2.75) is 43.6 Å². The first-order chi connectivity index (χ1) is 9.01. The van der Waals surface area contributed by atoms with Gasteiger partial charge in [0.2, 0.25) is 0 Å². The minimum absolute atomic E-state index is 0.0155. The van der Waals surface area contributed by atoms with Crippen LogP contribution in [0.5, 0.6) is 0 Å². The number of hydrogen-bond donors (Lipinski definition) is 0. The Balaban J connectivity index is 2.14. The van der Waals surface area contributed by atoms with Crippen molar-refractivity contribution in [3.8, 4) is 6.07 Å². The Kier molecular flexibility index (Phi) is 4.20. The van der Waals surface area contributed by atoms with Gasteiger partial charge >= 0.3 is 0 Å². The normalized spacial score (nSPS) is 23.8. The predicted octanol–water partition coefficient (Wildman–Crippen LogP) is 2.45. The molecule has 1 aliphatic rings. The SMILES string of the molecule is CC1CCCC(S(=O)(=O)Cc2ccnc(C#N)c2)C1. The van der Waals surface area contributed by atoms with E-state index in [-0.39, 0.29) is 16.7 Å². The van der Waals surface area contributed by atoms with E-state index in [4.69, 9.17) is 5.26 Å². The number of pyridine rings is 1. The molecule has 4 nitrogen and oxygen atoms in total. The fourth-order valence-corrected chi connectivity index (χ4v) is 4.71. The molecule has 102 valence electrons. The molecular formula is C14H18N2O2S. The van der Waals surface area contributed by atoms with Crippen LogP contribution in [0.1, 0.15) is 43.9 Å². The highest BCUT2D eigenvalue weighted by Crippen LogP contribution is 2.29. The van der Waals surface area contributed by atoms with Crippen LogP contribution in [-0.4, -0.2) is 18.7 Å². The van der Waals surface area contributed by atoms with E-state index < -0.39 is 9.84 Å². The summed E-state index contributed by atoms with van der Waals surface area (Å²) in [7, 11) is -3.13. The van der Waals surface area contributed by atoms with Crippen molar-refractivity contribution < 1.29 is 8.42 Å². The van der Waals surface area contributed by atoms with E-state index in [1.54, 1.807) is 12.1 Å². The summed E-state index contributed by atoms with van der Waals surface area (Å²) in [6, 6.07) is 5.16. The van der Waals surface area contributed by atoms with Crippen LogP contribution in [0.15, 0.2) is 18.3 Å². The van der Waals surface area contributed by atoms with E-state index in [0.717, 1.165) is 25.7 Å². The Hall–Kier alpha value is -1.41. The number of nitrogens with zero attached hydrogens (tertiary/aromatic N) is 2. The zero-order chi connectivity index (χ0) is 13.9. The van der Waals surface area contributed by atoms with Crippen molar-refractivity contribution in [3.05, 3.63) is 29.6 Å². The standard InChI is InChI=1S/C14H18N2O2S/c1-11-3-2-4-14(7-11)19(17,18)10-12-5-6-16-13(8-12)9-15/h5-6,8,11,14H,2-4,7,10H2,1H3. The first-order valence-corrected chi connectivity index (χ1v) is 8.29. The lowest BCUT2D eigenvalue weighted by Crippen LogP contribution is -2.28. The van der Waals surface area contributed by atoms with Crippen molar-refractivity contribution in [2.75, 3.05) is 0 Å².